The number of carbonyl (C=O) groups is 1. The van der Waals surface area contributed by atoms with E-state index >= 15 is 0 Å². The number of aliphatic hydroxyl groups is 1. The van der Waals surface area contributed by atoms with Crippen LogP contribution in [0.4, 0.5) is 8.78 Å². The van der Waals surface area contributed by atoms with E-state index in [-0.39, 0.29) is 25.5 Å². The summed E-state index contributed by atoms with van der Waals surface area (Å²) in [5, 5.41) is 9.91. The number of ether oxygens (including phenoxy) is 1. The van der Waals surface area contributed by atoms with Crippen LogP contribution in [0.3, 0.4) is 0 Å². The second-order valence-electron chi connectivity index (χ2n) is 6.04. The molecule has 0 aromatic heterocycles. The van der Waals surface area contributed by atoms with Gasteiger partial charge in [0.25, 0.3) is 0 Å². The zero-order valence-corrected chi connectivity index (χ0v) is 13.6. The fourth-order valence-corrected chi connectivity index (χ4v) is 3.04. The van der Waals surface area contributed by atoms with E-state index in [0.717, 1.165) is 12.1 Å². The van der Waals surface area contributed by atoms with Crippen LogP contribution in [-0.4, -0.2) is 35.2 Å². The van der Waals surface area contributed by atoms with E-state index in [1.165, 1.54) is 11.0 Å². The number of carbonyl (C=O) groups excluding carboxylic acids is 1. The molecule has 4 nitrogen and oxygen atoms in total. The summed E-state index contributed by atoms with van der Waals surface area (Å²) >= 11 is 0. The number of halogens is 2. The predicted octanol–water partition coefficient (Wildman–Crippen LogP) is 3.07. The maximum atomic E-state index is 13.5. The van der Waals surface area contributed by atoms with Crippen LogP contribution in [0.5, 0.6) is 5.75 Å². The van der Waals surface area contributed by atoms with E-state index in [4.69, 9.17) is 4.74 Å². The molecule has 1 aliphatic heterocycles. The lowest BCUT2D eigenvalue weighted by Gasteiger charge is -2.25. The summed E-state index contributed by atoms with van der Waals surface area (Å²) in [7, 11) is 0. The summed E-state index contributed by atoms with van der Waals surface area (Å²) < 4.78 is 32.1. The van der Waals surface area contributed by atoms with Crippen molar-refractivity contribution < 1.29 is 23.4 Å². The molecule has 0 saturated carbocycles. The molecule has 1 saturated heterocycles. The molecule has 1 aliphatic rings. The molecule has 1 heterocycles. The summed E-state index contributed by atoms with van der Waals surface area (Å²) in [5.74, 6) is -1.41. The number of likely N-dealkylation sites (tertiary alicyclic amines) is 1. The molecule has 1 fully saturated rings. The van der Waals surface area contributed by atoms with E-state index in [9.17, 15) is 18.7 Å². The molecule has 0 spiro atoms. The van der Waals surface area contributed by atoms with Gasteiger partial charge in [-0.05, 0) is 36.2 Å². The summed E-state index contributed by atoms with van der Waals surface area (Å²) in [6, 6.07) is 12.3. The smallest absolute Gasteiger partial charge is 0.226 e. The van der Waals surface area contributed by atoms with Gasteiger partial charge in [0.15, 0.2) is 11.6 Å². The summed E-state index contributed by atoms with van der Waals surface area (Å²) in [5.41, 5.74) is 0.479. The Morgan fingerprint density at radius 3 is 2.64 bits per heavy atom. The molecule has 0 aliphatic carbocycles. The Bertz CT molecular complexity index is 739. The van der Waals surface area contributed by atoms with Crippen LogP contribution in [-0.2, 0) is 4.79 Å². The first-order valence-corrected chi connectivity index (χ1v) is 8.15. The predicted molar refractivity (Wildman–Crippen MR) is 88.0 cm³/mol. The third-order valence-corrected chi connectivity index (χ3v) is 4.26. The van der Waals surface area contributed by atoms with Crippen LogP contribution in [0.2, 0.25) is 0 Å². The standard InChI is InChI=1S/C19H19F2NO3/c20-16-7-6-13(10-17(16)21)18-11-14(23)12-22(18)19(24)8-9-25-15-4-2-1-3-5-15/h1-7,10,14,18,23H,8-9,11-12H2/t14-,18+/m0/s1. The number of amides is 1. The fraction of sp³-hybridized carbons (Fsp3) is 0.316. The highest BCUT2D eigenvalue weighted by Crippen LogP contribution is 2.33. The van der Waals surface area contributed by atoms with Crippen molar-refractivity contribution in [2.45, 2.75) is 25.0 Å². The van der Waals surface area contributed by atoms with E-state index in [2.05, 4.69) is 0 Å². The Balaban J connectivity index is 1.64. The first-order valence-electron chi connectivity index (χ1n) is 8.15. The van der Waals surface area contributed by atoms with Crippen molar-refractivity contribution in [3.05, 3.63) is 65.7 Å². The molecule has 25 heavy (non-hydrogen) atoms. The Hall–Kier alpha value is -2.47. The number of benzene rings is 2. The highest BCUT2D eigenvalue weighted by atomic mass is 19.2. The Labute approximate surface area is 144 Å². The van der Waals surface area contributed by atoms with Gasteiger partial charge in [0, 0.05) is 6.54 Å². The molecule has 6 heteroatoms. The highest BCUT2D eigenvalue weighted by molar-refractivity contribution is 5.77. The molecule has 1 N–H and O–H groups in total. The van der Waals surface area contributed by atoms with Crippen molar-refractivity contribution in [1.82, 2.24) is 4.90 Å². The fourth-order valence-electron chi connectivity index (χ4n) is 3.04. The summed E-state index contributed by atoms with van der Waals surface area (Å²) in [4.78, 5) is 14.0. The Morgan fingerprint density at radius 1 is 1.16 bits per heavy atom. The first-order chi connectivity index (χ1) is 12.0. The SMILES string of the molecule is O=C(CCOc1ccccc1)N1C[C@@H](O)C[C@@H]1c1ccc(F)c(F)c1. The third kappa shape index (κ3) is 4.14. The topological polar surface area (TPSA) is 49.8 Å². The van der Waals surface area contributed by atoms with Crippen molar-refractivity contribution in [3.63, 3.8) is 0 Å². The van der Waals surface area contributed by atoms with Crippen molar-refractivity contribution in [2.24, 2.45) is 0 Å². The van der Waals surface area contributed by atoms with Crippen molar-refractivity contribution in [3.8, 4) is 5.75 Å². The maximum Gasteiger partial charge on any atom is 0.226 e. The van der Waals surface area contributed by atoms with E-state index in [1.54, 1.807) is 12.1 Å². The van der Waals surface area contributed by atoms with Gasteiger partial charge >= 0.3 is 0 Å². The van der Waals surface area contributed by atoms with Gasteiger partial charge in [0.05, 0.1) is 25.2 Å². The van der Waals surface area contributed by atoms with Crippen LogP contribution in [0.1, 0.15) is 24.4 Å². The average Bonchev–Trinajstić information content (AvgIpc) is 3.00. The lowest BCUT2D eigenvalue weighted by molar-refractivity contribution is -0.133. The van der Waals surface area contributed by atoms with Crippen LogP contribution in [0.25, 0.3) is 0 Å². The van der Waals surface area contributed by atoms with Gasteiger partial charge in [0.1, 0.15) is 5.75 Å². The molecule has 2 atom stereocenters. The molecule has 2 aromatic rings. The minimum atomic E-state index is -0.960. The normalized spacial score (nSPS) is 19.9. The minimum Gasteiger partial charge on any atom is -0.493 e. The number of β-amino-alcohol motifs (C(OH)–C–C–N with tert-alkyl or cyclic N) is 1. The van der Waals surface area contributed by atoms with Gasteiger partial charge in [-0.3, -0.25) is 4.79 Å². The quantitative estimate of drug-likeness (QED) is 0.904. The lowest BCUT2D eigenvalue weighted by atomic mass is 10.0. The zero-order chi connectivity index (χ0) is 17.8. The van der Waals surface area contributed by atoms with Gasteiger partial charge in [0.2, 0.25) is 5.91 Å². The summed E-state index contributed by atoms with van der Waals surface area (Å²) in [6.45, 7) is 0.383. The monoisotopic (exact) mass is 347 g/mol. The Kier molecular flexibility index (Phi) is 5.28. The van der Waals surface area contributed by atoms with E-state index < -0.39 is 23.8 Å². The van der Waals surface area contributed by atoms with Crippen molar-refractivity contribution >= 4 is 5.91 Å². The molecular formula is C19H19F2NO3. The molecule has 0 bridgehead atoms. The minimum absolute atomic E-state index is 0.141. The van der Waals surface area contributed by atoms with E-state index in [1.807, 2.05) is 18.2 Å². The molecule has 0 unspecified atom stereocenters. The van der Waals surface area contributed by atoms with Crippen LogP contribution >= 0.6 is 0 Å². The second-order valence-corrected chi connectivity index (χ2v) is 6.04. The number of aliphatic hydroxyl groups excluding tert-OH is 1. The lowest BCUT2D eigenvalue weighted by Crippen LogP contribution is -2.32. The molecule has 2 aromatic carbocycles. The molecule has 0 radical (unpaired) electrons. The molecular weight excluding hydrogens is 328 g/mol. The molecule has 132 valence electrons. The number of nitrogens with zero attached hydrogens (tertiary/aromatic N) is 1. The van der Waals surface area contributed by atoms with Crippen LogP contribution in [0, 0.1) is 11.6 Å². The maximum absolute atomic E-state index is 13.5. The number of hydrogen-bond donors (Lipinski definition) is 1. The van der Waals surface area contributed by atoms with Gasteiger partial charge in [-0.25, -0.2) is 8.78 Å². The zero-order valence-electron chi connectivity index (χ0n) is 13.6. The number of hydrogen-bond acceptors (Lipinski definition) is 3. The average molecular weight is 347 g/mol. The number of para-hydroxylation sites is 1. The van der Waals surface area contributed by atoms with Gasteiger partial charge in [-0.2, -0.15) is 0 Å². The second kappa shape index (κ2) is 7.61. The molecule has 3 rings (SSSR count). The van der Waals surface area contributed by atoms with Gasteiger partial charge < -0.3 is 14.7 Å². The largest absolute Gasteiger partial charge is 0.493 e. The molecule has 1 amide bonds. The first kappa shape index (κ1) is 17.4. The Morgan fingerprint density at radius 2 is 1.92 bits per heavy atom. The number of rotatable bonds is 5. The van der Waals surface area contributed by atoms with Crippen LogP contribution < -0.4 is 4.74 Å². The van der Waals surface area contributed by atoms with Gasteiger partial charge in [-0.15, -0.1) is 0 Å². The van der Waals surface area contributed by atoms with Gasteiger partial charge in [-0.1, -0.05) is 24.3 Å². The highest BCUT2D eigenvalue weighted by Gasteiger charge is 2.35. The third-order valence-electron chi connectivity index (χ3n) is 4.26. The van der Waals surface area contributed by atoms with Crippen molar-refractivity contribution in [2.75, 3.05) is 13.2 Å². The summed E-state index contributed by atoms with van der Waals surface area (Å²) in [6.07, 6.45) is -0.241. The van der Waals surface area contributed by atoms with E-state index in [0.29, 0.717) is 17.7 Å². The van der Waals surface area contributed by atoms with Crippen molar-refractivity contribution in [1.29, 1.82) is 0 Å². The van der Waals surface area contributed by atoms with Crippen LogP contribution in [0.15, 0.2) is 48.5 Å².